The average molecular weight is 325 g/mol. The number of alkyl halides is 3. The Labute approximate surface area is 130 Å². The van der Waals surface area contributed by atoms with Crippen molar-refractivity contribution in [3.63, 3.8) is 0 Å². The molecule has 0 saturated carbocycles. The molecular formula is C16H14F3NO3. The molecule has 0 radical (unpaired) electrons. The highest BCUT2D eigenvalue weighted by molar-refractivity contribution is 5.93. The molecule has 0 N–H and O–H groups in total. The van der Waals surface area contributed by atoms with Crippen LogP contribution in [0.5, 0.6) is 0 Å². The molecule has 4 nitrogen and oxygen atoms in total. The van der Waals surface area contributed by atoms with E-state index in [0.717, 1.165) is 6.07 Å². The van der Waals surface area contributed by atoms with Crippen molar-refractivity contribution in [2.45, 2.75) is 12.3 Å². The van der Waals surface area contributed by atoms with E-state index in [0.29, 0.717) is 12.1 Å². The Hall–Kier alpha value is -2.28. The van der Waals surface area contributed by atoms with Gasteiger partial charge >= 0.3 is 6.18 Å². The van der Waals surface area contributed by atoms with Crippen LogP contribution in [0.1, 0.15) is 27.6 Å². The molecule has 2 aromatic rings. The van der Waals surface area contributed by atoms with Gasteiger partial charge in [-0.25, -0.2) is 0 Å². The molecule has 1 aliphatic heterocycles. The summed E-state index contributed by atoms with van der Waals surface area (Å²) in [6, 6.07) is 6.81. The summed E-state index contributed by atoms with van der Waals surface area (Å²) in [5.41, 5.74) is -0.318. The number of hydrogen-bond donors (Lipinski definition) is 0. The number of benzene rings is 1. The molecule has 122 valence electrons. The molecule has 1 aromatic carbocycles. The summed E-state index contributed by atoms with van der Waals surface area (Å²) in [6.45, 7) is 0.576. The first-order valence-electron chi connectivity index (χ1n) is 7.06. The summed E-state index contributed by atoms with van der Waals surface area (Å²) < 4.78 is 49.8. The molecule has 23 heavy (non-hydrogen) atoms. The Bertz CT molecular complexity index is 682. The monoisotopic (exact) mass is 325 g/mol. The van der Waals surface area contributed by atoms with E-state index in [4.69, 9.17) is 9.15 Å². The lowest BCUT2D eigenvalue weighted by atomic mass is 10.0. The number of rotatable bonds is 2. The zero-order valence-electron chi connectivity index (χ0n) is 12.0. The molecule has 0 aliphatic carbocycles. The van der Waals surface area contributed by atoms with Gasteiger partial charge in [0.15, 0.2) is 0 Å². The van der Waals surface area contributed by atoms with Crippen LogP contribution < -0.4 is 0 Å². The van der Waals surface area contributed by atoms with Gasteiger partial charge < -0.3 is 14.1 Å². The highest BCUT2D eigenvalue weighted by Gasteiger charge is 2.37. The Morgan fingerprint density at radius 2 is 2.00 bits per heavy atom. The third kappa shape index (κ3) is 3.24. The van der Waals surface area contributed by atoms with Crippen LogP contribution in [0.2, 0.25) is 0 Å². The van der Waals surface area contributed by atoms with Crippen molar-refractivity contribution in [2.75, 3.05) is 19.7 Å². The normalized spacial score (nSPS) is 18.9. The molecule has 1 saturated heterocycles. The Balaban J connectivity index is 1.84. The SMILES string of the molecule is O=C(c1ccoc1)N1CCO[C@H](c2ccccc2C(F)(F)F)C1. The molecule has 1 aliphatic rings. The van der Waals surface area contributed by atoms with E-state index in [-0.39, 0.29) is 24.6 Å². The molecule has 1 atom stereocenters. The first-order chi connectivity index (χ1) is 11.0. The second-order valence-corrected chi connectivity index (χ2v) is 5.21. The Morgan fingerprint density at radius 3 is 2.70 bits per heavy atom. The van der Waals surface area contributed by atoms with Crippen molar-refractivity contribution in [1.29, 1.82) is 0 Å². The zero-order chi connectivity index (χ0) is 16.4. The van der Waals surface area contributed by atoms with E-state index in [1.54, 1.807) is 0 Å². The largest absolute Gasteiger partial charge is 0.472 e. The molecule has 0 bridgehead atoms. The molecule has 1 aromatic heterocycles. The lowest BCUT2D eigenvalue weighted by Crippen LogP contribution is -2.42. The second-order valence-electron chi connectivity index (χ2n) is 5.21. The molecule has 2 heterocycles. The number of hydrogen-bond acceptors (Lipinski definition) is 3. The van der Waals surface area contributed by atoms with E-state index in [9.17, 15) is 18.0 Å². The molecular weight excluding hydrogens is 311 g/mol. The smallest absolute Gasteiger partial charge is 0.416 e. The van der Waals surface area contributed by atoms with E-state index >= 15 is 0 Å². The lowest BCUT2D eigenvalue weighted by Gasteiger charge is -2.34. The minimum absolute atomic E-state index is 0.0460. The minimum Gasteiger partial charge on any atom is -0.472 e. The number of halogens is 3. The van der Waals surface area contributed by atoms with Crippen LogP contribution >= 0.6 is 0 Å². The quantitative estimate of drug-likeness (QED) is 0.848. The van der Waals surface area contributed by atoms with Crippen LogP contribution in [0.25, 0.3) is 0 Å². The first kappa shape index (κ1) is 15.6. The van der Waals surface area contributed by atoms with Crippen molar-refractivity contribution < 1.29 is 27.1 Å². The fourth-order valence-electron chi connectivity index (χ4n) is 2.63. The van der Waals surface area contributed by atoms with Crippen LogP contribution in [0, 0.1) is 0 Å². The summed E-state index contributed by atoms with van der Waals surface area (Å²) >= 11 is 0. The standard InChI is InChI=1S/C16H14F3NO3/c17-16(18,19)13-4-2-1-3-12(13)14-9-20(6-8-23-14)15(21)11-5-7-22-10-11/h1-5,7,10,14H,6,8-9H2/t14-/m0/s1. The van der Waals surface area contributed by atoms with Gasteiger partial charge in [0.1, 0.15) is 12.4 Å². The first-order valence-corrected chi connectivity index (χ1v) is 7.06. The number of carbonyl (C=O) groups excluding carboxylic acids is 1. The molecule has 0 spiro atoms. The maximum absolute atomic E-state index is 13.1. The van der Waals surface area contributed by atoms with Crippen molar-refractivity contribution in [3.8, 4) is 0 Å². The zero-order valence-corrected chi connectivity index (χ0v) is 12.0. The number of morpholine rings is 1. The third-order valence-corrected chi connectivity index (χ3v) is 3.73. The van der Waals surface area contributed by atoms with Crippen LogP contribution in [0.3, 0.4) is 0 Å². The number of furan rings is 1. The third-order valence-electron chi connectivity index (χ3n) is 3.73. The molecule has 1 amide bonds. The van der Waals surface area contributed by atoms with Gasteiger partial charge in [-0.3, -0.25) is 4.79 Å². The fourth-order valence-corrected chi connectivity index (χ4v) is 2.63. The van der Waals surface area contributed by atoms with Crippen LogP contribution in [-0.4, -0.2) is 30.5 Å². The summed E-state index contributed by atoms with van der Waals surface area (Å²) in [5, 5.41) is 0. The highest BCUT2D eigenvalue weighted by Crippen LogP contribution is 2.36. The maximum atomic E-state index is 13.1. The van der Waals surface area contributed by atoms with Crippen LogP contribution in [0.15, 0.2) is 47.3 Å². The topological polar surface area (TPSA) is 42.7 Å². The Morgan fingerprint density at radius 1 is 1.22 bits per heavy atom. The molecule has 7 heteroatoms. The molecule has 0 unspecified atom stereocenters. The average Bonchev–Trinajstić information content (AvgIpc) is 3.08. The van der Waals surface area contributed by atoms with Crippen LogP contribution in [-0.2, 0) is 10.9 Å². The van der Waals surface area contributed by atoms with Gasteiger partial charge in [0, 0.05) is 6.54 Å². The van der Waals surface area contributed by atoms with Gasteiger partial charge in [-0.15, -0.1) is 0 Å². The minimum atomic E-state index is -4.46. The summed E-state index contributed by atoms with van der Waals surface area (Å²) in [4.78, 5) is 13.8. The van der Waals surface area contributed by atoms with Crippen molar-refractivity contribution in [3.05, 3.63) is 59.5 Å². The molecule has 3 rings (SSSR count). The fraction of sp³-hybridized carbons (Fsp3) is 0.312. The molecule has 1 fully saturated rings. The van der Waals surface area contributed by atoms with Crippen molar-refractivity contribution in [1.82, 2.24) is 4.90 Å². The van der Waals surface area contributed by atoms with Gasteiger partial charge in [0.05, 0.1) is 30.5 Å². The van der Waals surface area contributed by atoms with Crippen molar-refractivity contribution >= 4 is 5.91 Å². The second kappa shape index (κ2) is 6.08. The van der Waals surface area contributed by atoms with E-state index in [1.807, 2.05) is 0 Å². The van der Waals surface area contributed by atoms with Gasteiger partial charge in [0.2, 0.25) is 0 Å². The number of nitrogens with zero attached hydrogens (tertiary/aromatic N) is 1. The number of ether oxygens (including phenoxy) is 1. The van der Waals surface area contributed by atoms with Gasteiger partial charge in [-0.1, -0.05) is 18.2 Å². The summed E-state index contributed by atoms with van der Waals surface area (Å²) in [5.74, 6) is -0.281. The predicted octanol–water partition coefficient (Wildman–Crippen LogP) is 3.51. The Kier molecular flexibility index (Phi) is 4.12. The number of amides is 1. The summed E-state index contributed by atoms with van der Waals surface area (Å²) in [6.07, 6.45) is -2.57. The van der Waals surface area contributed by atoms with Crippen molar-refractivity contribution in [2.24, 2.45) is 0 Å². The lowest BCUT2D eigenvalue weighted by molar-refractivity contribution is -0.140. The van der Waals surface area contributed by atoms with Gasteiger partial charge in [-0.05, 0) is 17.7 Å². The predicted molar refractivity (Wildman–Crippen MR) is 74.7 cm³/mol. The van der Waals surface area contributed by atoms with Crippen LogP contribution in [0.4, 0.5) is 13.2 Å². The van der Waals surface area contributed by atoms with Gasteiger partial charge in [0.25, 0.3) is 5.91 Å². The van der Waals surface area contributed by atoms with E-state index in [2.05, 4.69) is 0 Å². The van der Waals surface area contributed by atoms with E-state index in [1.165, 1.54) is 41.7 Å². The summed E-state index contributed by atoms with van der Waals surface area (Å²) in [7, 11) is 0. The van der Waals surface area contributed by atoms with E-state index < -0.39 is 17.8 Å². The number of carbonyl (C=O) groups is 1. The van der Waals surface area contributed by atoms with Gasteiger partial charge in [-0.2, -0.15) is 13.2 Å². The maximum Gasteiger partial charge on any atom is 0.416 e. The highest BCUT2D eigenvalue weighted by atomic mass is 19.4.